The van der Waals surface area contributed by atoms with E-state index < -0.39 is 143 Å². The maximum atomic E-state index is 15.7. The fraction of sp³-hybridized carbons (Fsp3) is 0.836. The van der Waals surface area contributed by atoms with Crippen molar-refractivity contribution in [3.63, 3.8) is 0 Å². The summed E-state index contributed by atoms with van der Waals surface area (Å²) in [6, 6.07) is -2.24. The first-order valence-electron chi connectivity index (χ1n) is 30.4. The van der Waals surface area contributed by atoms with Crippen LogP contribution in [0.2, 0.25) is 0 Å². The Kier molecular flexibility index (Phi) is 18.7. The van der Waals surface area contributed by atoms with Gasteiger partial charge in [0.15, 0.2) is 0 Å². The lowest BCUT2D eigenvalue weighted by molar-refractivity contribution is -0.317. The number of carbonyl (C=O) groups excluding carboxylic acids is 4. The number of carbonyl (C=O) groups is 4. The third kappa shape index (κ3) is 12.1. The number of ether oxygens (including phenoxy) is 7. The molecule has 1 saturated carbocycles. The number of piperidine rings is 1. The Morgan fingerprint density at radius 1 is 0.905 bits per heavy atom. The second-order valence-electron chi connectivity index (χ2n) is 23.9. The number of esters is 1. The van der Waals surface area contributed by atoms with Crippen LogP contribution in [0.4, 0.5) is 0 Å². The number of aliphatic hydroxyl groups excluding tert-OH is 1. The number of allylic oxidation sites excluding steroid dienone is 4. The Morgan fingerprint density at radius 2 is 1.53 bits per heavy atom. The molecule has 1 N–H and O–H groups in total. The van der Waals surface area contributed by atoms with Crippen LogP contribution in [0.25, 0.3) is 0 Å². The molecule has 0 radical (unpaired) electrons. The van der Waals surface area contributed by atoms with Crippen molar-refractivity contribution in [2.45, 2.75) is 235 Å². The maximum Gasteiger partial charge on any atom is 0.329 e. The minimum Gasteiger partial charge on any atom is -0.456 e. The molecule has 0 aromatic rings. The van der Waals surface area contributed by atoms with Crippen LogP contribution in [-0.4, -0.2) is 128 Å². The Balaban J connectivity index is 2.18. The smallest absolute Gasteiger partial charge is 0.329 e. The van der Waals surface area contributed by atoms with E-state index >= 15 is 14.4 Å². The molecule has 3 aliphatic heterocycles. The van der Waals surface area contributed by atoms with E-state index in [0.29, 0.717) is 6.42 Å². The molecule has 2 saturated heterocycles. The average molecular weight is 1050 g/mol. The van der Waals surface area contributed by atoms with Crippen molar-refractivity contribution >= 4 is 23.4 Å². The molecule has 1 aliphatic carbocycles. The molecule has 3 heterocycles. The van der Waals surface area contributed by atoms with Gasteiger partial charge < -0.3 is 43.2 Å². The third-order valence-electron chi connectivity index (χ3n) is 19.3. The molecule has 13 heteroatoms. The summed E-state index contributed by atoms with van der Waals surface area (Å²) in [4.78, 5) is 63.3. The molecular formula is C61H103NO12. The number of aliphatic hydroxyl groups is 1. The second-order valence-corrected chi connectivity index (χ2v) is 23.9. The van der Waals surface area contributed by atoms with Crippen LogP contribution < -0.4 is 0 Å². The first kappa shape index (κ1) is 54.6. The van der Waals surface area contributed by atoms with Crippen LogP contribution in [0.3, 0.4) is 0 Å². The fourth-order valence-corrected chi connectivity index (χ4v) is 12.4. The van der Waals surface area contributed by atoms with Crippen molar-refractivity contribution in [1.29, 1.82) is 0 Å². The van der Waals surface area contributed by atoms with Crippen LogP contribution in [0.15, 0.2) is 35.5 Å². The highest BCUT2D eigenvalue weighted by Gasteiger charge is 2.62. The largest absolute Gasteiger partial charge is 0.456 e. The lowest BCUT2D eigenvalue weighted by atomic mass is 9.62. The van der Waals surface area contributed by atoms with Crippen molar-refractivity contribution in [1.82, 2.24) is 4.90 Å². The molecule has 0 aromatic heterocycles. The zero-order chi connectivity index (χ0) is 61.8. The van der Waals surface area contributed by atoms with E-state index in [0.717, 1.165) is 17.2 Å². The summed E-state index contributed by atoms with van der Waals surface area (Å²) in [6.07, 6.45) is -9.12. The van der Waals surface area contributed by atoms with Gasteiger partial charge in [-0.25, -0.2) is 4.79 Å². The summed E-state index contributed by atoms with van der Waals surface area (Å²) in [5.74, 6) is -15.1. The van der Waals surface area contributed by atoms with Gasteiger partial charge in [0.2, 0.25) is 5.79 Å². The number of Topliss-reactive ketones (excluding diaryl/α,β-unsaturated/α-hetero) is 2. The first-order valence-corrected chi connectivity index (χ1v) is 27.4. The minimum atomic E-state index is -3.25. The van der Waals surface area contributed by atoms with E-state index in [1.54, 1.807) is 61.8 Å². The molecule has 4 aliphatic rings. The van der Waals surface area contributed by atoms with Gasteiger partial charge in [-0.05, 0) is 139 Å². The van der Waals surface area contributed by atoms with E-state index in [1.165, 1.54) is 39.9 Å². The standard InChI is InChI=1S/C61H103NO12/c1-24-26-46-39(11)37(9)36(8)38(10)40(12)53(69-21)54-51(68-20)31-45(25-2)61(71-23,74-54)55(65)56(66)62-43(15)58(16,17)35(7)29-48(62)57(67)72-52(41(13)49(63)32-50(46)64)47(33(3)4)30-44-27-28-59(18,70-22)60(19,42(44)14)73-34(5)6/h24,30,33-36,38,40-46,48-49,51-54,63H,1,25-29,31-32H2,2-23H3/b39-37+,47-30+/t35?,36?,38-,40?,41+,42?,43?,44-,45+,46+,48-,49-,51-,52-,53-,54-,59+,60+,61+/m0/s1/i27D2,28D2,42D,44D. The van der Waals surface area contributed by atoms with Gasteiger partial charge in [-0.15, -0.1) is 6.58 Å². The number of amides is 1. The number of hydrogen-bond donors (Lipinski definition) is 1. The van der Waals surface area contributed by atoms with Crippen molar-refractivity contribution in [2.24, 2.45) is 64.5 Å². The van der Waals surface area contributed by atoms with Crippen molar-refractivity contribution < 1.29 is 65.7 Å². The summed E-state index contributed by atoms with van der Waals surface area (Å²) in [5, 5.41) is 12.6. The van der Waals surface area contributed by atoms with Crippen LogP contribution >= 0.6 is 0 Å². The molecule has 74 heavy (non-hydrogen) atoms. The van der Waals surface area contributed by atoms with Gasteiger partial charge in [0.25, 0.3) is 11.7 Å². The molecule has 3 fully saturated rings. The zero-order valence-corrected chi connectivity index (χ0v) is 49.5. The molecule has 13 nitrogen and oxygen atoms in total. The van der Waals surface area contributed by atoms with Crippen molar-refractivity contribution in [3.8, 4) is 0 Å². The maximum absolute atomic E-state index is 15.7. The molecule has 5 unspecified atom stereocenters. The SMILES string of the molecule is [2H]C1([2H])C([2H])([2H])[C@@](C)(OC)[C@](C)(OC(C)C)C([2H])(C)[C@]1([2H])/C=C(\C(C)C)[C@H]1OC(=O)[C@@H]2CC(C)C(C)(C)C(C)N2C(=O)C(=O)[C@]2(OC)O[C@@H]([C@@H](OC)C[C@H]2CC)[C@@H](OC)C(C)[C@@H](C)C(C)/C(C)=C(\C)[C@@H](CC=C)C(=O)C[C@H](O)[C@H]1C. The molecule has 424 valence electrons. The van der Waals surface area contributed by atoms with E-state index in [2.05, 4.69) is 20.4 Å². The molecule has 4 rings (SSSR count). The van der Waals surface area contributed by atoms with Crippen LogP contribution in [-0.2, 0) is 52.3 Å². The lowest BCUT2D eigenvalue weighted by Crippen LogP contribution is -2.68. The summed E-state index contributed by atoms with van der Waals surface area (Å²) >= 11 is 0. The highest BCUT2D eigenvalue weighted by Crippen LogP contribution is 2.51. The van der Waals surface area contributed by atoms with E-state index in [9.17, 15) is 18.1 Å². The second kappa shape index (κ2) is 25.3. The quantitative estimate of drug-likeness (QED) is 0.112. The molecule has 0 spiro atoms. The minimum absolute atomic E-state index is 0.00837. The van der Waals surface area contributed by atoms with E-state index in [-0.39, 0.29) is 54.3 Å². The van der Waals surface area contributed by atoms with Gasteiger partial charge in [-0.1, -0.05) is 99.5 Å². The third-order valence-corrected chi connectivity index (χ3v) is 19.3. The topological polar surface area (TPSA) is 156 Å². The Morgan fingerprint density at radius 3 is 2.04 bits per heavy atom. The normalized spacial score (nSPS) is 47.3. The van der Waals surface area contributed by atoms with Gasteiger partial charge in [-0.3, -0.25) is 14.4 Å². The molecule has 1 amide bonds. The Hall–Kier alpha value is -2.78. The fourth-order valence-electron chi connectivity index (χ4n) is 12.4. The predicted octanol–water partition coefficient (Wildman–Crippen LogP) is 10.9. The number of rotatable bonds is 12. The van der Waals surface area contributed by atoms with Crippen LogP contribution in [0.5, 0.6) is 0 Å². The number of hydrogen-bond acceptors (Lipinski definition) is 12. The average Bonchev–Trinajstić information content (AvgIpc) is 3.42. The first-order chi connectivity index (χ1) is 36.6. The molecule has 19 atom stereocenters. The summed E-state index contributed by atoms with van der Waals surface area (Å²) in [5.41, 5.74) is -3.14. The highest BCUT2D eigenvalue weighted by molar-refractivity contribution is 6.39. The van der Waals surface area contributed by atoms with Gasteiger partial charge in [-0.2, -0.15) is 0 Å². The summed E-state index contributed by atoms with van der Waals surface area (Å²) < 4.78 is 104. The van der Waals surface area contributed by atoms with Gasteiger partial charge >= 0.3 is 5.97 Å². The van der Waals surface area contributed by atoms with Crippen LogP contribution in [0.1, 0.15) is 178 Å². The molecule has 2 bridgehead atoms. The van der Waals surface area contributed by atoms with Crippen LogP contribution in [0, 0.1) is 64.5 Å². The molecular weight excluding hydrogens is 939 g/mol. The Bertz CT molecular complexity index is 2320. The van der Waals surface area contributed by atoms with E-state index in [1.807, 2.05) is 48.5 Å². The number of cyclic esters (lactones) is 1. The van der Waals surface area contributed by atoms with Crippen molar-refractivity contribution in [3.05, 3.63) is 35.5 Å². The van der Waals surface area contributed by atoms with E-state index in [4.69, 9.17) is 33.2 Å². The zero-order valence-electron chi connectivity index (χ0n) is 55.5. The molecule has 0 aromatic carbocycles. The highest BCUT2D eigenvalue weighted by atomic mass is 16.7. The van der Waals surface area contributed by atoms with Gasteiger partial charge in [0.1, 0.15) is 24.0 Å². The Labute approximate surface area is 456 Å². The summed E-state index contributed by atoms with van der Waals surface area (Å²) in [6.45, 7) is 36.0. The number of ketones is 2. The number of nitrogens with zero attached hydrogens (tertiary/aromatic N) is 1. The summed E-state index contributed by atoms with van der Waals surface area (Å²) in [7, 11) is 5.68. The van der Waals surface area contributed by atoms with Gasteiger partial charge in [0, 0.05) is 66.9 Å². The number of fused-ring (bicyclic) bond motifs is 3. The van der Waals surface area contributed by atoms with Gasteiger partial charge in [0.05, 0.1) is 35.6 Å². The monoisotopic (exact) mass is 1050 g/mol. The predicted molar refractivity (Wildman–Crippen MR) is 291 cm³/mol. The lowest BCUT2D eigenvalue weighted by Gasteiger charge is -2.55. The number of methoxy groups -OCH3 is 4. The van der Waals surface area contributed by atoms with Crippen molar-refractivity contribution in [2.75, 3.05) is 28.4 Å².